The van der Waals surface area contributed by atoms with Crippen LogP contribution in [0.2, 0.25) is 0 Å². The second-order valence-corrected chi connectivity index (χ2v) is 7.27. The van der Waals surface area contributed by atoms with E-state index in [0.29, 0.717) is 23.6 Å². The lowest BCUT2D eigenvalue weighted by Gasteiger charge is -2.09. The summed E-state index contributed by atoms with van der Waals surface area (Å²) in [6.45, 7) is 1.33. The Morgan fingerprint density at radius 2 is 1.59 bits per heavy atom. The zero-order valence-electron chi connectivity index (χ0n) is 18.0. The molecule has 0 aliphatic heterocycles. The van der Waals surface area contributed by atoms with Crippen molar-refractivity contribution in [1.82, 2.24) is 15.1 Å². The maximum absolute atomic E-state index is 13.1. The number of carbonyl (C=O) groups excluding carboxylic acids is 1. The number of amides is 1. The van der Waals surface area contributed by atoms with Crippen molar-refractivity contribution in [1.29, 1.82) is 0 Å². The number of nitrogens with zero attached hydrogens (tertiary/aromatic N) is 2. The monoisotopic (exact) mass is 426 g/mol. The average molecular weight is 427 g/mol. The van der Waals surface area contributed by atoms with Crippen LogP contribution in [0, 0.1) is 0 Å². The molecule has 0 saturated carbocycles. The van der Waals surface area contributed by atoms with Gasteiger partial charge in [-0.15, -0.1) is 0 Å². The van der Waals surface area contributed by atoms with Gasteiger partial charge in [-0.2, -0.15) is 5.10 Å². The smallest absolute Gasteiger partial charge is 0.255 e. The molecule has 32 heavy (non-hydrogen) atoms. The molecule has 1 heterocycles. The Morgan fingerprint density at radius 3 is 2.34 bits per heavy atom. The largest absolute Gasteiger partial charge is 0.496 e. The Labute approximate surface area is 187 Å². The number of anilines is 1. The molecule has 0 atom stereocenters. The van der Waals surface area contributed by atoms with Crippen molar-refractivity contribution in [2.24, 2.45) is 0 Å². The molecule has 4 aromatic rings. The molecule has 3 aromatic carbocycles. The van der Waals surface area contributed by atoms with Gasteiger partial charge in [-0.3, -0.25) is 4.79 Å². The quantitative estimate of drug-likeness (QED) is 0.378. The van der Waals surface area contributed by atoms with Crippen LogP contribution in [0.4, 0.5) is 5.69 Å². The topological polar surface area (TPSA) is 68.2 Å². The highest BCUT2D eigenvalue weighted by Gasteiger charge is 2.20. The fourth-order valence-electron chi connectivity index (χ4n) is 3.47. The van der Waals surface area contributed by atoms with Crippen molar-refractivity contribution in [3.05, 3.63) is 96.7 Å². The molecule has 0 aliphatic rings. The summed E-state index contributed by atoms with van der Waals surface area (Å²) in [7, 11) is 1.62. The van der Waals surface area contributed by atoms with Gasteiger partial charge in [0.1, 0.15) is 11.4 Å². The van der Waals surface area contributed by atoms with Crippen LogP contribution in [0.3, 0.4) is 0 Å². The Balaban J connectivity index is 1.51. The summed E-state index contributed by atoms with van der Waals surface area (Å²) in [6.07, 6.45) is 2.58. The Bertz CT molecular complexity index is 1160. The minimum Gasteiger partial charge on any atom is -0.496 e. The predicted octanol–water partition coefficient (Wildman–Crippen LogP) is 4.78. The molecule has 0 saturated heterocycles. The maximum atomic E-state index is 13.1. The lowest BCUT2D eigenvalue weighted by Crippen LogP contribution is -2.26. The molecule has 2 N–H and O–H groups in total. The van der Waals surface area contributed by atoms with E-state index in [1.165, 1.54) is 0 Å². The number of nitrogens with one attached hydrogen (secondary N) is 2. The van der Waals surface area contributed by atoms with Crippen LogP contribution in [-0.2, 0) is 0 Å². The molecule has 0 spiro atoms. The van der Waals surface area contributed by atoms with E-state index in [9.17, 15) is 4.79 Å². The first-order valence-corrected chi connectivity index (χ1v) is 10.6. The first-order valence-electron chi connectivity index (χ1n) is 10.6. The summed E-state index contributed by atoms with van der Waals surface area (Å²) in [5.41, 5.74) is 3.83. The molecule has 1 amide bonds. The highest BCUT2D eigenvalue weighted by atomic mass is 16.5. The third-order valence-electron chi connectivity index (χ3n) is 5.08. The zero-order valence-corrected chi connectivity index (χ0v) is 18.0. The van der Waals surface area contributed by atoms with E-state index < -0.39 is 0 Å². The number of benzene rings is 3. The molecule has 0 fully saturated rings. The predicted molar refractivity (Wildman–Crippen MR) is 127 cm³/mol. The number of carbonyl (C=O) groups is 1. The second kappa shape index (κ2) is 10.3. The van der Waals surface area contributed by atoms with Crippen LogP contribution in [-0.4, -0.2) is 35.9 Å². The maximum Gasteiger partial charge on any atom is 0.255 e. The van der Waals surface area contributed by atoms with Gasteiger partial charge in [-0.05, 0) is 42.8 Å². The summed E-state index contributed by atoms with van der Waals surface area (Å²) in [6, 6.07) is 27.4. The first kappa shape index (κ1) is 21.2. The van der Waals surface area contributed by atoms with Gasteiger partial charge in [0, 0.05) is 30.5 Å². The summed E-state index contributed by atoms with van der Waals surface area (Å²) in [4.78, 5) is 13.1. The highest BCUT2D eigenvalue weighted by Crippen LogP contribution is 2.31. The van der Waals surface area contributed by atoms with E-state index in [1.807, 2.05) is 84.9 Å². The number of ether oxygens (including phenoxy) is 1. The number of hydrogen-bond donors (Lipinski definition) is 2. The molecule has 0 unspecified atom stereocenters. The number of hydrogen-bond acceptors (Lipinski definition) is 4. The fraction of sp³-hybridized carbons (Fsp3) is 0.154. The number of rotatable bonds is 9. The molecule has 0 aliphatic carbocycles. The van der Waals surface area contributed by atoms with Gasteiger partial charge >= 0.3 is 0 Å². The van der Waals surface area contributed by atoms with Crippen LogP contribution >= 0.6 is 0 Å². The summed E-state index contributed by atoms with van der Waals surface area (Å²) >= 11 is 0. The van der Waals surface area contributed by atoms with E-state index in [2.05, 4.69) is 10.6 Å². The first-order chi connectivity index (χ1) is 15.8. The van der Waals surface area contributed by atoms with Crippen LogP contribution in [0.15, 0.2) is 91.1 Å². The van der Waals surface area contributed by atoms with E-state index in [1.54, 1.807) is 18.0 Å². The molecular weight excluding hydrogens is 400 g/mol. The van der Waals surface area contributed by atoms with Crippen molar-refractivity contribution >= 4 is 11.6 Å². The SMILES string of the molecule is COc1ccccc1-c1nn(-c2ccccc2)cc1C(=O)NCCCNc1ccccc1. The van der Waals surface area contributed by atoms with Crippen molar-refractivity contribution in [2.75, 3.05) is 25.5 Å². The third kappa shape index (κ3) is 4.98. The van der Waals surface area contributed by atoms with E-state index >= 15 is 0 Å². The Hall–Kier alpha value is -4.06. The van der Waals surface area contributed by atoms with Gasteiger partial charge in [0.05, 0.1) is 18.4 Å². The van der Waals surface area contributed by atoms with Gasteiger partial charge < -0.3 is 15.4 Å². The summed E-state index contributed by atoms with van der Waals surface area (Å²) < 4.78 is 7.25. The summed E-state index contributed by atoms with van der Waals surface area (Å²) in [5, 5.41) is 11.1. The van der Waals surface area contributed by atoms with E-state index in [-0.39, 0.29) is 5.91 Å². The lowest BCUT2D eigenvalue weighted by atomic mass is 10.1. The number of aromatic nitrogens is 2. The van der Waals surface area contributed by atoms with Crippen LogP contribution in [0.5, 0.6) is 5.75 Å². The second-order valence-electron chi connectivity index (χ2n) is 7.27. The average Bonchev–Trinajstić information content (AvgIpc) is 3.30. The highest BCUT2D eigenvalue weighted by molar-refractivity contribution is 6.00. The van der Waals surface area contributed by atoms with Gasteiger partial charge in [-0.25, -0.2) is 4.68 Å². The standard InChI is InChI=1S/C26H26N4O2/c1-32-24-16-9-8-15-22(24)25-23(19-30(29-25)21-13-6-3-7-14-21)26(31)28-18-10-17-27-20-11-4-2-5-12-20/h2-9,11-16,19,27H,10,17-18H2,1H3,(H,28,31). The van der Waals surface area contributed by atoms with Crippen LogP contribution in [0.25, 0.3) is 16.9 Å². The van der Waals surface area contributed by atoms with Gasteiger partial charge in [-0.1, -0.05) is 48.5 Å². The van der Waals surface area contributed by atoms with Crippen LogP contribution in [0.1, 0.15) is 16.8 Å². The van der Waals surface area contributed by atoms with Crippen molar-refractivity contribution in [3.8, 4) is 22.7 Å². The summed E-state index contributed by atoms with van der Waals surface area (Å²) in [5.74, 6) is 0.514. The molecule has 4 rings (SSSR count). The van der Waals surface area contributed by atoms with Crippen molar-refractivity contribution in [2.45, 2.75) is 6.42 Å². The van der Waals surface area contributed by atoms with Gasteiger partial charge in [0.15, 0.2) is 0 Å². The van der Waals surface area contributed by atoms with Crippen LogP contribution < -0.4 is 15.4 Å². The van der Waals surface area contributed by atoms with E-state index in [0.717, 1.165) is 29.9 Å². The molecule has 6 heteroatoms. The Kier molecular flexibility index (Phi) is 6.82. The molecule has 6 nitrogen and oxygen atoms in total. The number of para-hydroxylation sites is 3. The number of methoxy groups -OCH3 is 1. The Morgan fingerprint density at radius 1 is 0.906 bits per heavy atom. The molecule has 162 valence electrons. The normalized spacial score (nSPS) is 10.5. The molecule has 1 aromatic heterocycles. The minimum absolute atomic E-state index is 0.159. The minimum atomic E-state index is -0.159. The third-order valence-corrected chi connectivity index (χ3v) is 5.08. The molecule has 0 radical (unpaired) electrons. The fourth-order valence-corrected chi connectivity index (χ4v) is 3.47. The zero-order chi connectivity index (χ0) is 22.2. The van der Waals surface area contributed by atoms with Gasteiger partial charge in [0.25, 0.3) is 5.91 Å². The molecule has 0 bridgehead atoms. The molecular formula is C26H26N4O2. The van der Waals surface area contributed by atoms with E-state index in [4.69, 9.17) is 9.84 Å². The van der Waals surface area contributed by atoms with Crippen molar-refractivity contribution < 1.29 is 9.53 Å². The lowest BCUT2D eigenvalue weighted by molar-refractivity contribution is 0.0954. The van der Waals surface area contributed by atoms with Crippen molar-refractivity contribution in [3.63, 3.8) is 0 Å². The van der Waals surface area contributed by atoms with Gasteiger partial charge in [0.2, 0.25) is 0 Å².